The lowest BCUT2D eigenvalue weighted by molar-refractivity contribution is 1.45. The van der Waals surface area contributed by atoms with Crippen molar-refractivity contribution >= 4 is 0 Å². The van der Waals surface area contributed by atoms with Crippen molar-refractivity contribution in [2.45, 2.75) is 6.92 Å². The predicted molar refractivity (Wildman–Crippen MR) is 143 cm³/mol. The minimum Gasteiger partial charge on any atom is -0.192 e. The van der Waals surface area contributed by atoms with E-state index in [9.17, 15) is 15.8 Å². The molecule has 0 amide bonds. The zero-order chi connectivity index (χ0) is 26.0. The Bertz CT molecular complexity index is 1820. The summed E-state index contributed by atoms with van der Waals surface area (Å²) in [6, 6.07) is 32.0. The lowest BCUT2D eigenvalue weighted by atomic mass is 10.0. The second-order valence-corrected chi connectivity index (χ2v) is 8.02. The molecule has 0 aliphatic carbocycles. The third-order valence-electron chi connectivity index (χ3n) is 5.40. The monoisotopic (exact) mass is 467 g/mol. The average Bonchev–Trinajstić information content (AvgIpc) is 2.95. The molecule has 0 bridgehead atoms. The minimum atomic E-state index is 0.397. The number of nitrogens with zero attached hydrogens (tertiary/aromatic N) is 3. The van der Waals surface area contributed by atoms with Crippen molar-refractivity contribution in [2.24, 2.45) is 0 Å². The SMILES string of the molecule is Cc1ccc(C#Cc2ccc(C#Cc3ccc(C#Cc4ccccc4C#N)cc3C#N)cc2C#N)cc1. The Morgan fingerprint density at radius 3 is 1.30 bits per heavy atom. The first-order valence-corrected chi connectivity index (χ1v) is 11.3. The molecule has 4 aromatic rings. The largest absolute Gasteiger partial charge is 0.192 e. The van der Waals surface area contributed by atoms with Crippen LogP contribution in [0.5, 0.6) is 0 Å². The quantitative estimate of drug-likeness (QED) is 0.307. The first-order valence-electron chi connectivity index (χ1n) is 11.3. The van der Waals surface area contributed by atoms with Crippen LogP contribution < -0.4 is 0 Å². The molecular weight excluding hydrogens is 450 g/mol. The maximum absolute atomic E-state index is 9.63. The maximum atomic E-state index is 9.63. The van der Waals surface area contributed by atoms with E-state index in [1.165, 1.54) is 0 Å². The van der Waals surface area contributed by atoms with E-state index in [1.54, 1.807) is 48.5 Å². The fourth-order valence-electron chi connectivity index (χ4n) is 3.39. The van der Waals surface area contributed by atoms with Gasteiger partial charge in [-0.25, -0.2) is 0 Å². The first kappa shape index (κ1) is 24.2. The molecule has 0 N–H and O–H groups in total. The molecule has 0 heterocycles. The van der Waals surface area contributed by atoms with Gasteiger partial charge in [0.2, 0.25) is 0 Å². The molecule has 0 saturated carbocycles. The van der Waals surface area contributed by atoms with E-state index in [0.717, 1.165) is 11.1 Å². The van der Waals surface area contributed by atoms with Crippen molar-refractivity contribution in [1.82, 2.24) is 0 Å². The third kappa shape index (κ3) is 6.13. The van der Waals surface area contributed by atoms with Gasteiger partial charge in [0.15, 0.2) is 0 Å². The van der Waals surface area contributed by atoms with Crippen LogP contribution in [0.2, 0.25) is 0 Å². The smallest absolute Gasteiger partial charge is 0.100 e. The van der Waals surface area contributed by atoms with Gasteiger partial charge < -0.3 is 0 Å². The highest BCUT2D eigenvalue weighted by Gasteiger charge is 2.03. The lowest BCUT2D eigenvalue weighted by Crippen LogP contribution is -1.88. The summed E-state index contributed by atoms with van der Waals surface area (Å²) < 4.78 is 0. The number of rotatable bonds is 0. The summed E-state index contributed by atoms with van der Waals surface area (Å²) in [6.45, 7) is 2.02. The molecule has 4 aromatic carbocycles. The Morgan fingerprint density at radius 2 is 0.811 bits per heavy atom. The van der Waals surface area contributed by atoms with Crippen LogP contribution in [-0.4, -0.2) is 0 Å². The number of benzene rings is 4. The Balaban J connectivity index is 1.58. The summed E-state index contributed by atoms with van der Waals surface area (Å²) in [6.07, 6.45) is 0. The highest BCUT2D eigenvalue weighted by atomic mass is 14.3. The summed E-state index contributed by atoms with van der Waals surface area (Å²) in [4.78, 5) is 0. The highest BCUT2D eigenvalue weighted by molar-refractivity contribution is 5.59. The van der Waals surface area contributed by atoms with Crippen LogP contribution >= 0.6 is 0 Å². The predicted octanol–water partition coefficient (Wildman–Crippen LogP) is 5.81. The third-order valence-corrected chi connectivity index (χ3v) is 5.40. The van der Waals surface area contributed by atoms with Crippen molar-refractivity contribution < 1.29 is 0 Å². The summed E-state index contributed by atoms with van der Waals surface area (Å²) in [7, 11) is 0. The van der Waals surface area contributed by atoms with Gasteiger partial charge in [-0.1, -0.05) is 65.4 Å². The summed E-state index contributed by atoms with van der Waals surface area (Å²) >= 11 is 0. The van der Waals surface area contributed by atoms with Crippen LogP contribution in [0.15, 0.2) is 84.9 Å². The van der Waals surface area contributed by atoms with Crippen LogP contribution in [0.4, 0.5) is 0 Å². The van der Waals surface area contributed by atoms with Gasteiger partial charge in [0.25, 0.3) is 0 Å². The van der Waals surface area contributed by atoms with Gasteiger partial charge in [-0.2, -0.15) is 15.8 Å². The molecular formula is C34H17N3. The van der Waals surface area contributed by atoms with E-state index in [1.807, 2.05) is 43.3 Å². The minimum absolute atomic E-state index is 0.397. The molecule has 0 spiro atoms. The number of aryl methyl sites for hydroxylation is 1. The van der Waals surface area contributed by atoms with Gasteiger partial charge >= 0.3 is 0 Å². The zero-order valence-corrected chi connectivity index (χ0v) is 19.9. The second kappa shape index (κ2) is 11.4. The lowest BCUT2D eigenvalue weighted by Gasteiger charge is -1.99. The zero-order valence-electron chi connectivity index (χ0n) is 19.9. The molecule has 0 atom stereocenters. The average molecular weight is 468 g/mol. The van der Waals surface area contributed by atoms with Gasteiger partial charge in [-0.05, 0) is 67.6 Å². The molecule has 3 heteroatoms. The molecule has 0 aliphatic rings. The molecule has 3 nitrogen and oxygen atoms in total. The fourth-order valence-corrected chi connectivity index (χ4v) is 3.39. The number of nitriles is 3. The van der Waals surface area contributed by atoms with Crippen molar-refractivity contribution in [2.75, 3.05) is 0 Å². The summed E-state index contributed by atoms with van der Waals surface area (Å²) in [5.41, 5.74) is 6.51. The second-order valence-electron chi connectivity index (χ2n) is 8.02. The molecule has 0 aliphatic heterocycles. The number of hydrogen-bond donors (Lipinski definition) is 0. The molecule has 168 valence electrons. The molecule has 0 saturated heterocycles. The molecule has 4 rings (SSSR count). The Morgan fingerprint density at radius 1 is 0.405 bits per heavy atom. The van der Waals surface area contributed by atoms with Gasteiger partial charge in [0.05, 0.1) is 16.7 Å². The van der Waals surface area contributed by atoms with Gasteiger partial charge in [-0.3, -0.25) is 0 Å². The molecule has 0 aromatic heterocycles. The normalized spacial score (nSPS) is 9.03. The van der Waals surface area contributed by atoms with Crippen LogP contribution in [-0.2, 0) is 0 Å². The van der Waals surface area contributed by atoms with E-state index in [-0.39, 0.29) is 0 Å². The molecule has 37 heavy (non-hydrogen) atoms. The van der Waals surface area contributed by atoms with E-state index < -0.39 is 0 Å². The highest BCUT2D eigenvalue weighted by Crippen LogP contribution is 2.13. The van der Waals surface area contributed by atoms with Crippen LogP contribution in [0.25, 0.3) is 0 Å². The summed E-state index contributed by atoms with van der Waals surface area (Å²) in [5, 5.41) is 28.4. The van der Waals surface area contributed by atoms with Gasteiger partial charge in [0, 0.05) is 33.4 Å². The van der Waals surface area contributed by atoms with Crippen molar-refractivity contribution in [1.29, 1.82) is 15.8 Å². The summed E-state index contributed by atoms with van der Waals surface area (Å²) in [5.74, 6) is 18.2. The van der Waals surface area contributed by atoms with Crippen molar-refractivity contribution in [3.63, 3.8) is 0 Å². The van der Waals surface area contributed by atoms with Gasteiger partial charge in [0.1, 0.15) is 18.2 Å². The van der Waals surface area contributed by atoms with E-state index in [2.05, 4.69) is 53.7 Å². The van der Waals surface area contributed by atoms with E-state index in [0.29, 0.717) is 44.5 Å². The maximum Gasteiger partial charge on any atom is 0.100 e. The van der Waals surface area contributed by atoms with Crippen molar-refractivity contribution in [3.05, 3.63) is 141 Å². The van der Waals surface area contributed by atoms with E-state index in [4.69, 9.17) is 0 Å². The van der Waals surface area contributed by atoms with Crippen molar-refractivity contribution in [3.8, 4) is 53.7 Å². The van der Waals surface area contributed by atoms with Gasteiger partial charge in [-0.15, -0.1) is 0 Å². The molecule has 0 fully saturated rings. The Labute approximate surface area is 216 Å². The Kier molecular flexibility index (Phi) is 7.47. The first-order chi connectivity index (χ1) is 18.1. The Hall–Kier alpha value is -5.97. The molecule has 0 radical (unpaired) electrons. The van der Waals surface area contributed by atoms with Crippen LogP contribution in [0, 0.1) is 76.4 Å². The standard InChI is InChI=1S/C34H17N3/c1-25-6-8-26(9-7-25)10-15-30-17-12-28(21-33(30)23-36)14-19-31-18-13-27(20-34(31)24-37)11-16-29-4-2-3-5-32(29)22-35/h2-9,12-13,17-18,20-21H,1H3. The molecule has 0 unspecified atom stereocenters. The fraction of sp³-hybridized carbons (Fsp3) is 0.0294. The van der Waals surface area contributed by atoms with Crippen LogP contribution in [0.1, 0.15) is 55.6 Å². The van der Waals surface area contributed by atoms with Crippen LogP contribution in [0.3, 0.4) is 0 Å². The number of hydrogen-bond acceptors (Lipinski definition) is 3. The van der Waals surface area contributed by atoms with E-state index >= 15 is 0 Å². The topological polar surface area (TPSA) is 71.4 Å².